The van der Waals surface area contributed by atoms with Crippen LogP contribution in [0.2, 0.25) is 0 Å². The van der Waals surface area contributed by atoms with Gasteiger partial charge in [-0.05, 0) is 55.8 Å². The number of ether oxygens (including phenoxy) is 4. The van der Waals surface area contributed by atoms with Crippen LogP contribution in [-0.4, -0.2) is 50.6 Å². The number of nitrogens with one attached hydrogen (secondary N) is 3. The highest BCUT2D eigenvalue weighted by Gasteiger charge is 2.23. The zero-order valence-corrected chi connectivity index (χ0v) is 20.8. The van der Waals surface area contributed by atoms with Gasteiger partial charge in [0.05, 0.1) is 6.54 Å². The summed E-state index contributed by atoms with van der Waals surface area (Å²) in [5.41, 5.74) is 0. The summed E-state index contributed by atoms with van der Waals surface area (Å²) in [7, 11) is 0. The Balaban J connectivity index is 1.41. The molecule has 0 aliphatic heterocycles. The van der Waals surface area contributed by atoms with Crippen LogP contribution in [0.4, 0.5) is 9.59 Å². The van der Waals surface area contributed by atoms with Crippen molar-refractivity contribution in [2.24, 2.45) is 0 Å². The van der Waals surface area contributed by atoms with Gasteiger partial charge >= 0.3 is 18.2 Å². The van der Waals surface area contributed by atoms with Gasteiger partial charge in [-0.25, -0.2) is 14.4 Å². The zero-order chi connectivity index (χ0) is 26.8. The smallest absolute Gasteiger partial charge is 0.413 e. The summed E-state index contributed by atoms with van der Waals surface area (Å²) in [6.07, 6.45) is -0.601. The molecule has 2 amide bonds. The lowest BCUT2D eigenvalue weighted by Gasteiger charge is -2.18. The van der Waals surface area contributed by atoms with E-state index in [9.17, 15) is 14.4 Å². The Morgan fingerprint density at radius 2 is 1.24 bits per heavy atom. The summed E-state index contributed by atoms with van der Waals surface area (Å²) in [6, 6.07) is 25.5. The first-order valence-corrected chi connectivity index (χ1v) is 12.2. The number of rotatable bonds is 14. The fraction of sp³-hybridized carbons (Fsp3) is 0.250. The van der Waals surface area contributed by atoms with Crippen molar-refractivity contribution in [3.8, 4) is 17.2 Å². The van der Waals surface area contributed by atoms with Crippen LogP contribution >= 0.6 is 0 Å². The third kappa shape index (κ3) is 11.0. The molecule has 3 rings (SSSR count). The summed E-state index contributed by atoms with van der Waals surface area (Å²) >= 11 is 0. The highest BCUT2D eigenvalue weighted by molar-refractivity contribution is 5.82. The van der Waals surface area contributed by atoms with Crippen molar-refractivity contribution in [2.45, 2.75) is 18.9 Å². The van der Waals surface area contributed by atoms with Crippen LogP contribution in [0, 0.1) is 0 Å². The third-order valence-electron chi connectivity index (χ3n) is 5.03. The topological polar surface area (TPSA) is 124 Å². The number of hydrogen-bond donors (Lipinski definition) is 3. The van der Waals surface area contributed by atoms with E-state index >= 15 is 0 Å². The molecule has 0 heterocycles. The van der Waals surface area contributed by atoms with Crippen molar-refractivity contribution >= 4 is 18.2 Å². The molecule has 0 aliphatic carbocycles. The van der Waals surface area contributed by atoms with Gasteiger partial charge in [-0.15, -0.1) is 0 Å². The van der Waals surface area contributed by atoms with Gasteiger partial charge in [0.1, 0.15) is 36.6 Å². The molecule has 0 bridgehead atoms. The van der Waals surface area contributed by atoms with E-state index in [4.69, 9.17) is 18.9 Å². The average molecular weight is 522 g/mol. The van der Waals surface area contributed by atoms with Gasteiger partial charge in [-0.2, -0.15) is 0 Å². The van der Waals surface area contributed by atoms with Crippen LogP contribution < -0.4 is 30.2 Å². The number of para-hydroxylation sites is 3. The summed E-state index contributed by atoms with van der Waals surface area (Å²) in [5.74, 6) is 0.839. The summed E-state index contributed by atoms with van der Waals surface area (Å²) < 4.78 is 21.2. The van der Waals surface area contributed by atoms with Gasteiger partial charge < -0.3 is 29.6 Å². The molecule has 38 heavy (non-hydrogen) atoms. The van der Waals surface area contributed by atoms with E-state index in [0.29, 0.717) is 37.6 Å². The molecule has 0 spiro atoms. The minimum Gasteiger partial charge on any atom is -0.478 e. The first kappa shape index (κ1) is 28.0. The van der Waals surface area contributed by atoms with Crippen molar-refractivity contribution in [2.75, 3.05) is 26.4 Å². The minimum absolute atomic E-state index is 0.0387. The summed E-state index contributed by atoms with van der Waals surface area (Å²) in [6.45, 7) is 0.779. The van der Waals surface area contributed by atoms with Gasteiger partial charge in [0, 0.05) is 0 Å². The zero-order valence-electron chi connectivity index (χ0n) is 20.8. The summed E-state index contributed by atoms with van der Waals surface area (Å²) in [5, 5.41) is 8.19. The lowest BCUT2D eigenvalue weighted by molar-refractivity contribution is -0.146. The molecule has 0 saturated carbocycles. The number of amides is 2. The Hall–Kier alpha value is -4.57. The molecule has 3 N–H and O–H groups in total. The van der Waals surface area contributed by atoms with E-state index in [-0.39, 0.29) is 13.2 Å². The lowest BCUT2D eigenvalue weighted by Crippen LogP contribution is -2.44. The first-order chi connectivity index (χ1) is 18.6. The van der Waals surface area contributed by atoms with Crippen molar-refractivity contribution in [3.05, 3.63) is 91.0 Å². The normalized spacial score (nSPS) is 11.1. The highest BCUT2D eigenvalue weighted by atomic mass is 16.6. The molecule has 0 aliphatic rings. The maximum absolute atomic E-state index is 12.7. The monoisotopic (exact) mass is 521 g/mol. The largest absolute Gasteiger partial charge is 0.478 e. The second-order valence-corrected chi connectivity index (χ2v) is 7.94. The standard InChI is InChI=1S/C28H31N3O7/c32-26(35-20-19-30-27(33)37-23-13-6-2-7-14-23)25(31-28(34)38-24-15-8-3-9-16-24)17-10-18-29-21-36-22-11-4-1-5-12-22/h1-9,11-16,25,29H,10,17-21H2,(H,30,33)(H,31,34). The highest BCUT2D eigenvalue weighted by Crippen LogP contribution is 2.10. The molecule has 3 aromatic rings. The number of esters is 1. The molecule has 10 nitrogen and oxygen atoms in total. The van der Waals surface area contributed by atoms with Crippen molar-refractivity contribution < 1.29 is 33.3 Å². The Morgan fingerprint density at radius 1 is 0.684 bits per heavy atom. The maximum atomic E-state index is 12.7. The molecule has 1 unspecified atom stereocenters. The fourth-order valence-electron chi connectivity index (χ4n) is 3.21. The Kier molecular flexibility index (Phi) is 12.0. The van der Waals surface area contributed by atoms with Crippen LogP contribution in [0.3, 0.4) is 0 Å². The number of carbonyl (C=O) groups excluding carboxylic acids is 3. The average Bonchev–Trinajstić information content (AvgIpc) is 2.94. The van der Waals surface area contributed by atoms with E-state index < -0.39 is 24.2 Å². The van der Waals surface area contributed by atoms with Crippen LogP contribution in [0.25, 0.3) is 0 Å². The molecule has 0 fully saturated rings. The molecular formula is C28H31N3O7. The second kappa shape index (κ2) is 16.2. The van der Waals surface area contributed by atoms with Gasteiger partial charge in [-0.1, -0.05) is 54.6 Å². The van der Waals surface area contributed by atoms with Crippen molar-refractivity contribution in [1.29, 1.82) is 0 Å². The van der Waals surface area contributed by atoms with E-state index in [0.717, 1.165) is 5.75 Å². The fourth-order valence-corrected chi connectivity index (χ4v) is 3.21. The van der Waals surface area contributed by atoms with Gasteiger partial charge in [0.25, 0.3) is 0 Å². The predicted octanol–water partition coefficient (Wildman–Crippen LogP) is 3.88. The minimum atomic E-state index is -0.945. The Bertz CT molecular complexity index is 1120. The van der Waals surface area contributed by atoms with Crippen LogP contribution in [0.15, 0.2) is 91.0 Å². The molecular weight excluding hydrogens is 490 g/mol. The molecule has 3 aromatic carbocycles. The van der Waals surface area contributed by atoms with Crippen molar-refractivity contribution in [3.63, 3.8) is 0 Å². The van der Waals surface area contributed by atoms with Crippen LogP contribution in [0.5, 0.6) is 17.2 Å². The molecule has 1 atom stereocenters. The number of benzene rings is 3. The van der Waals surface area contributed by atoms with E-state index in [2.05, 4.69) is 16.0 Å². The second-order valence-electron chi connectivity index (χ2n) is 7.94. The molecule has 0 saturated heterocycles. The molecule has 0 radical (unpaired) electrons. The first-order valence-electron chi connectivity index (χ1n) is 12.2. The van der Waals surface area contributed by atoms with Gasteiger partial charge in [0.2, 0.25) is 0 Å². The third-order valence-corrected chi connectivity index (χ3v) is 5.03. The van der Waals surface area contributed by atoms with Crippen LogP contribution in [0.1, 0.15) is 12.8 Å². The van der Waals surface area contributed by atoms with Crippen molar-refractivity contribution in [1.82, 2.24) is 16.0 Å². The number of hydrogen-bond acceptors (Lipinski definition) is 8. The summed E-state index contributed by atoms with van der Waals surface area (Å²) in [4.78, 5) is 36.9. The van der Waals surface area contributed by atoms with Gasteiger partial charge in [0.15, 0.2) is 0 Å². The molecule has 10 heteroatoms. The Labute approximate surface area is 221 Å². The maximum Gasteiger partial charge on any atom is 0.413 e. The predicted molar refractivity (Wildman–Crippen MR) is 140 cm³/mol. The quantitative estimate of drug-likeness (QED) is 0.166. The van der Waals surface area contributed by atoms with Crippen LogP contribution in [-0.2, 0) is 9.53 Å². The number of carbonyl (C=O) groups is 3. The van der Waals surface area contributed by atoms with E-state index in [1.165, 1.54) is 0 Å². The SMILES string of the molecule is O=C(NCCOC(=O)C(CCCNCOc1ccccc1)NC(=O)Oc1ccccc1)Oc1ccccc1. The Morgan fingerprint density at radius 3 is 1.84 bits per heavy atom. The molecule has 0 aromatic heterocycles. The molecule has 200 valence electrons. The van der Waals surface area contributed by atoms with E-state index in [1.54, 1.807) is 60.7 Å². The van der Waals surface area contributed by atoms with E-state index in [1.807, 2.05) is 30.3 Å². The van der Waals surface area contributed by atoms with Gasteiger partial charge in [-0.3, -0.25) is 5.32 Å². The lowest BCUT2D eigenvalue weighted by atomic mass is 10.1.